The lowest BCUT2D eigenvalue weighted by atomic mass is 10.0. The highest BCUT2D eigenvalue weighted by Crippen LogP contribution is 2.15. The number of likely N-dealkylation sites (tertiary alicyclic amines) is 1. The summed E-state index contributed by atoms with van der Waals surface area (Å²) in [4.78, 5) is 25.9. The van der Waals surface area contributed by atoms with Crippen LogP contribution in [-0.4, -0.2) is 54.2 Å². The molecule has 1 unspecified atom stereocenters. The number of piperidine rings is 1. The molecule has 6 heteroatoms. The zero-order valence-electron chi connectivity index (χ0n) is 13.3. The van der Waals surface area contributed by atoms with E-state index in [2.05, 4.69) is 10.6 Å². The molecule has 0 aromatic heterocycles. The summed E-state index contributed by atoms with van der Waals surface area (Å²) in [5.41, 5.74) is -0.220. The van der Waals surface area contributed by atoms with Crippen molar-refractivity contribution < 1.29 is 14.3 Å². The predicted molar refractivity (Wildman–Crippen MR) is 80.0 cm³/mol. The molecule has 2 heterocycles. The Morgan fingerprint density at radius 3 is 2.33 bits per heavy atom. The van der Waals surface area contributed by atoms with Gasteiger partial charge in [0.05, 0.1) is 0 Å². The van der Waals surface area contributed by atoms with E-state index in [0.717, 1.165) is 25.7 Å². The molecule has 0 aliphatic carbocycles. The van der Waals surface area contributed by atoms with Crippen molar-refractivity contribution in [3.8, 4) is 0 Å². The third-order valence-corrected chi connectivity index (χ3v) is 3.83. The molecular weight excluding hydrogens is 270 g/mol. The highest BCUT2D eigenvalue weighted by atomic mass is 16.5. The number of carbonyl (C=O) groups excluding carboxylic acids is 2. The van der Waals surface area contributed by atoms with Crippen molar-refractivity contribution in [1.82, 2.24) is 15.5 Å². The molecule has 0 bridgehead atoms. The standard InChI is InChI=1S/C15H27N3O3/c1-15(2,3)17-14(20)18-8-6-11(7-9-18)16-13(19)12-5-4-10-21-12/h11-12H,4-10H2,1-3H3,(H,16,19)(H,17,20). The maximum atomic E-state index is 12.1. The summed E-state index contributed by atoms with van der Waals surface area (Å²) in [6.45, 7) is 7.96. The van der Waals surface area contributed by atoms with Crippen molar-refractivity contribution in [2.24, 2.45) is 0 Å². The van der Waals surface area contributed by atoms with Crippen molar-refractivity contribution in [3.05, 3.63) is 0 Å². The van der Waals surface area contributed by atoms with Crippen LogP contribution in [0.4, 0.5) is 4.79 Å². The van der Waals surface area contributed by atoms with Gasteiger partial charge in [-0.3, -0.25) is 4.79 Å². The van der Waals surface area contributed by atoms with Crippen LogP contribution in [0, 0.1) is 0 Å². The lowest BCUT2D eigenvalue weighted by Crippen LogP contribution is -2.53. The lowest BCUT2D eigenvalue weighted by Gasteiger charge is -2.34. The fourth-order valence-electron chi connectivity index (χ4n) is 2.71. The maximum Gasteiger partial charge on any atom is 0.317 e. The van der Waals surface area contributed by atoms with E-state index in [9.17, 15) is 9.59 Å². The second-order valence-electron chi connectivity index (χ2n) is 6.95. The van der Waals surface area contributed by atoms with Crippen molar-refractivity contribution in [3.63, 3.8) is 0 Å². The van der Waals surface area contributed by atoms with E-state index in [-0.39, 0.29) is 29.6 Å². The van der Waals surface area contributed by atoms with E-state index in [1.165, 1.54) is 0 Å². The van der Waals surface area contributed by atoms with Crippen LogP contribution in [0.3, 0.4) is 0 Å². The molecule has 21 heavy (non-hydrogen) atoms. The first kappa shape index (κ1) is 16.1. The summed E-state index contributed by atoms with van der Waals surface area (Å²) in [6.07, 6.45) is 3.11. The molecule has 2 aliphatic rings. The Morgan fingerprint density at radius 1 is 1.14 bits per heavy atom. The average Bonchev–Trinajstić information content (AvgIpc) is 2.91. The number of rotatable bonds is 2. The fourth-order valence-corrected chi connectivity index (χ4v) is 2.71. The minimum atomic E-state index is -0.271. The van der Waals surface area contributed by atoms with Gasteiger partial charge in [0.25, 0.3) is 0 Å². The van der Waals surface area contributed by atoms with Crippen LogP contribution in [0.5, 0.6) is 0 Å². The highest BCUT2D eigenvalue weighted by Gasteiger charge is 2.29. The van der Waals surface area contributed by atoms with Crippen LogP contribution in [0.15, 0.2) is 0 Å². The molecule has 120 valence electrons. The average molecular weight is 297 g/mol. The van der Waals surface area contributed by atoms with Gasteiger partial charge in [0.15, 0.2) is 0 Å². The maximum absolute atomic E-state index is 12.1. The van der Waals surface area contributed by atoms with Crippen molar-refractivity contribution in [1.29, 1.82) is 0 Å². The van der Waals surface area contributed by atoms with E-state index < -0.39 is 0 Å². The molecule has 6 nitrogen and oxygen atoms in total. The van der Waals surface area contributed by atoms with Gasteiger partial charge < -0.3 is 20.3 Å². The number of ether oxygens (including phenoxy) is 1. The Hall–Kier alpha value is -1.30. The number of amides is 3. The molecule has 2 saturated heterocycles. The van der Waals surface area contributed by atoms with Gasteiger partial charge in [-0.2, -0.15) is 0 Å². The minimum absolute atomic E-state index is 0.00472. The largest absolute Gasteiger partial charge is 0.368 e. The Kier molecular flexibility index (Phi) is 5.08. The molecule has 2 N–H and O–H groups in total. The number of carbonyl (C=O) groups is 2. The zero-order chi connectivity index (χ0) is 15.5. The van der Waals surface area contributed by atoms with Gasteiger partial charge in [-0.1, -0.05) is 0 Å². The van der Waals surface area contributed by atoms with E-state index in [1.54, 1.807) is 0 Å². The summed E-state index contributed by atoms with van der Waals surface area (Å²) in [5.74, 6) is 0.00472. The fraction of sp³-hybridized carbons (Fsp3) is 0.867. The molecule has 0 radical (unpaired) electrons. The quantitative estimate of drug-likeness (QED) is 0.806. The summed E-state index contributed by atoms with van der Waals surface area (Å²) in [6, 6.07) is 0.131. The van der Waals surface area contributed by atoms with Crippen molar-refractivity contribution in [2.75, 3.05) is 19.7 Å². The van der Waals surface area contributed by atoms with Crippen LogP contribution in [-0.2, 0) is 9.53 Å². The first-order valence-corrected chi connectivity index (χ1v) is 7.84. The molecular formula is C15H27N3O3. The van der Waals surface area contributed by atoms with Crippen LogP contribution < -0.4 is 10.6 Å². The van der Waals surface area contributed by atoms with Crippen LogP contribution >= 0.6 is 0 Å². The smallest absolute Gasteiger partial charge is 0.317 e. The third-order valence-electron chi connectivity index (χ3n) is 3.83. The summed E-state index contributed by atoms with van der Waals surface area (Å²) in [7, 11) is 0. The number of hydrogen-bond acceptors (Lipinski definition) is 3. The van der Waals surface area contributed by atoms with Gasteiger partial charge in [0, 0.05) is 31.3 Å². The Labute approximate surface area is 126 Å². The second-order valence-corrected chi connectivity index (χ2v) is 6.95. The summed E-state index contributed by atoms with van der Waals surface area (Å²) < 4.78 is 5.38. The SMILES string of the molecule is CC(C)(C)NC(=O)N1CCC(NC(=O)C2CCCO2)CC1. The Balaban J connectivity index is 1.72. The van der Waals surface area contributed by atoms with E-state index in [4.69, 9.17) is 4.74 Å². The second kappa shape index (κ2) is 6.64. The van der Waals surface area contributed by atoms with Crippen molar-refractivity contribution in [2.45, 2.75) is 64.1 Å². The van der Waals surface area contributed by atoms with Gasteiger partial charge in [-0.05, 0) is 46.5 Å². The van der Waals surface area contributed by atoms with E-state index in [1.807, 2.05) is 25.7 Å². The molecule has 0 aromatic rings. The number of urea groups is 1. The number of hydrogen-bond donors (Lipinski definition) is 2. The first-order valence-electron chi connectivity index (χ1n) is 7.84. The minimum Gasteiger partial charge on any atom is -0.368 e. The molecule has 0 saturated carbocycles. The van der Waals surface area contributed by atoms with Crippen LogP contribution in [0.25, 0.3) is 0 Å². The lowest BCUT2D eigenvalue weighted by molar-refractivity contribution is -0.131. The van der Waals surface area contributed by atoms with Crippen molar-refractivity contribution >= 4 is 11.9 Å². The van der Waals surface area contributed by atoms with Gasteiger partial charge in [-0.25, -0.2) is 4.79 Å². The molecule has 2 aliphatic heterocycles. The van der Waals surface area contributed by atoms with E-state index in [0.29, 0.717) is 19.7 Å². The topological polar surface area (TPSA) is 70.7 Å². The van der Waals surface area contributed by atoms with Crippen LogP contribution in [0.1, 0.15) is 46.5 Å². The Morgan fingerprint density at radius 2 is 1.81 bits per heavy atom. The van der Waals surface area contributed by atoms with E-state index >= 15 is 0 Å². The van der Waals surface area contributed by atoms with Gasteiger partial charge in [0.2, 0.25) is 5.91 Å². The third kappa shape index (κ3) is 4.88. The molecule has 2 fully saturated rings. The normalized spacial score (nSPS) is 24.0. The predicted octanol–water partition coefficient (Wildman–Crippen LogP) is 1.25. The molecule has 1 atom stereocenters. The molecule has 2 rings (SSSR count). The monoisotopic (exact) mass is 297 g/mol. The van der Waals surface area contributed by atoms with Gasteiger partial charge in [-0.15, -0.1) is 0 Å². The summed E-state index contributed by atoms with van der Waals surface area (Å²) >= 11 is 0. The molecule has 3 amide bonds. The van der Waals surface area contributed by atoms with Gasteiger partial charge >= 0.3 is 6.03 Å². The Bertz CT molecular complexity index is 378. The molecule has 0 spiro atoms. The number of nitrogens with zero attached hydrogens (tertiary/aromatic N) is 1. The number of nitrogens with one attached hydrogen (secondary N) is 2. The summed E-state index contributed by atoms with van der Waals surface area (Å²) in [5, 5.41) is 6.02. The van der Waals surface area contributed by atoms with Crippen LogP contribution in [0.2, 0.25) is 0 Å². The highest BCUT2D eigenvalue weighted by molar-refractivity contribution is 5.81. The molecule has 0 aromatic carbocycles. The first-order chi connectivity index (χ1) is 9.85. The zero-order valence-corrected chi connectivity index (χ0v) is 13.3. The van der Waals surface area contributed by atoms with Gasteiger partial charge in [0.1, 0.15) is 6.10 Å².